The summed E-state index contributed by atoms with van der Waals surface area (Å²) >= 11 is 0. The molecule has 0 amide bonds. The molecule has 0 fully saturated rings. The van der Waals surface area contributed by atoms with Crippen molar-refractivity contribution in [1.82, 2.24) is 15.3 Å². The number of hydrogen-bond donors (Lipinski definition) is 2. The molecule has 0 bridgehead atoms. The Balaban J connectivity index is 1.86. The average Bonchev–Trinajstić information content (AvgIpc) is 2.55. The minimum atomic E-state index is 0.310. The molecule has 0 saturated heterocycles. The van der Waals surface area contributed by atoms with E-state index in [9.17, 15) is 0 Å². The highest BCUT2D eigenvalue weighted by atomic mass is 15.1. The molecular formula is C17H22N4. The van der Waals surface area contributed by atoms with Crippen LogP contribution in [0, 0.1) is 0 Å². The van der Waals surface area contributed by atoms with E-state index >= 15 is 0 Å². The van der Waals surface area contributed by atoms with Crippen LogP contribution in [0.15, 0.2) is 36.7 Å². The predicted octanol–water partition coefficient (Wildman–Crippen LogP) is 3.08. The Morgan fingerprint density at radius 1 is 1.24 bits per heavy atom. The molecule has 3 rings (SSSR count). The molecular weight excluding hydrogens is 260 g/mol. The fourth-order valence-corrected chi connectivity index (χ4v) is 2.87. The van der Waals surface area contributed by atoms with Crippen molar-refractivity contribution in [2.75, 3.05) is 11.9 Å². The number of nitrogens with zero attached hydrogens (tertiary/aromatic N) is 2. The molecule has 110 valence electrons. The van der Waals surface area contributed by atoms with E-state index in [0.717, 1.165) is 43.9 Å². The lowest BCUT2D eigenvalue weighted by molar-refractivity contribution is 0.618. The van der Waals surface area contributed by atoms with Crippen molar-refractivity contribution in [3.63, 3.8) is 0 Å². The van der Waals surface area contributed by atoms with Crippen LogP contribution >= 0.6 is 0 Å². The van der Waals surface area contributed by atoms with Gasteiger partial charge < -0.3 is 10.6 Å². The summed E-state index contributed by atoms with van der Waals surface area (Å²) in [6.07, 6.45) is 4.90. The lowest BCUT2D eigenvalue weighted by atomic mass is 10.0. The van der Waals surface area contributed by atoms with Crippen LogP contribution in [-0.2, 0) is 13.0 Å². The van der Waals surface area contributed by atoms with Crippen molar-refractivity contribution in [2.24, 2.45) is 0 Å². The first kappa shape index (κ1) is 14.0. The Hall–Kier alpha value is -1.94. The van der Waals surface area contributed by atoms with Crippen LogP contribution < -0.4 is 10.6 Å². The minimum absolute atomic E-state index is 0.310. The second-order valence-corrected chi connectivity index (χ2v) is 5.47. The molecule has 21 heavy (non-hydrogen) atoms. The summed E-state index contributed by atoms with van der Waals surface area (Å²) in [7, 11) is 0. The maximum absolute atomic E-state index is 4.49. The van der Waals surface area contributed by atoms with Crippen LogP contribution in [-0.4, -0.2) is 16.5 Å². The van der Waals surface area contributed by atoms with Crippen molar-refractivity contribution in [2.45, 2.75) is 38.8 Å². The van der Waals surface area contributed by atoms with Gasteiger partial charge in [0.2, 0.25) is 0 Å². The van der Waals surface area contributed by atoms with E-state index in [1.165, 1.54) is 11.1 Å². The number of hydrogen-bond acceptors (Lipinski definition) is 4. The highest BCUT2D eigenvalue weighted by Crippen LogP contribution is 2.26. The van der Waals surface area contributed by atoms with E-state index in [-0.39, 0.29) is 0 Å². The number of anilines is 1. The molecule has 0 saturated carbocycles. The van der Waals surface area contributed by atoms with Gasteiger partial charge in [0.25, 0.3) is 0 Å². The third-order valence-electron chi connectivity index (χ3n) is 3.97. The molecule has 1 aliphatic rings. The van der Waals surface area contributed by atoms with Gasteiger partial charge in [-0.3, -0.25) is 0 Å². The zero-order valence-electron chi connectivity index (χ0n) is 12.5. The highest BCUT2D eigenvalue weighted by molar-refractivity contribution is 5.48. The van der Waals surface area contributed by atoms with Gasteiger partial charge in [0, 0.05) is 12.1 Å². The Bertz CT molecular complexity index is 583. The summed E-state index contributed by atoms with van der Waals surface area (Å²) in [5.41, 5.74) is 3.72. The standard InChI is InChI=1S/C17H22N4/c1-2-6-15(13-7-4-3-5-8-13)21-17-14-9-10-18-11-16(14)19-12-20-17/h3-5,7-8,12,15,18H,2,6,9-11H2,1H3,(H,19,20,21). The SMILES string of the molecule is CCCC(Nc1ncnc2c1CCNC2)c1ccccc1. The van der Waals surface area contributed by atoms with Crippen LogP contribution in [0.3, 0.4) is 0 Å². The first-order valence-electron chi connectivity index (χ1n) is 7.73. The molecule has 4 nitrogen and oxygen atoms in total. The molecule has 2 N–H and O–H groups in total. The first-order valence-corrected chi connectivity index (χ1v) is 7.73. The lowest BCUT2D eigenvalue weighted by Gasteiger charge is -2.24. The van der Waals surface area contributed by atoms with Crippen LogP contribution in [0.5, 0.6) is 0 Å². The van der Waals surface area contributed by atoms with Crippen molar-refractivity contribution in [1.29, 1.82) is 0 Å². The molecule has 1 aliphatic heterocycles. The first-order chi connectivity index (χ1) is 10.4. The maximum atomic E-state index is 4.49. The quantitative estimate of drug-likeness (QED) is 0.885. The molecule has 4 heteroatoms. The molecule has 2 aromatic rings. The van der Waals surface area contributed by atoms with Gasteiger partial charge in [0.05, 0.1) is 11.7 Å². The molecule has 0 radical (unpaired) electrons. The van der Waals surface area contributed by atoms with Crippen LogP contribution in [0.1, 0.15) is 42.6 Å². The number of rotatable bonds is 5. The van der Waals surface area contributed by atoms with E-state index in [1.54, 1.807) is 6.33 Å². The van der Waals surface area contributed by atoms with E-state index < -0.39 is 0 Å². The van der Waals surface area contributed by atoms with Gasteiger partial charge in [-0.15, -0.1) is 0 Å². The number of nitrogens with one attached hydrogen (secondary N) is 2. The van der Waals surface area contributed by atoms with Gasteiger partial charge in [-0.1, -0.05) is 43.7 Å². The maximum Gasteiger partial charge on any atom is 0.133 e. The molecule has 0 aliphatic carbocycles. The molecule has 1 unspecified atom stereocenters. The summed E-state index contributed by atoms with van der Waals surface area (Å²) < 4.78 is 0. The van der Waals surface area contributed by atoms with Crippen molar-refractivity contribution < 1.29 is 0 Å². The minimum Gasteiger partial charge on any atom is -0.363 e. The third kappa shape index (κ3) is 3.22. The zero-order valence-corrected chi connectivity index (χ0v) is 12.5. The molecule has 2 heterocycles. The van der Waals surface area contributed by atoms with Gasteiger partial charge in [0.15, 0.2) is 0 Å². The van der Waals surface area contributed by atoms with Crippen molar-refractivity contribution >= 4 is 5.82 Å². The number of aromatic nitrogens is 2. The Labute approximate surface area is 126 Å². The van der Waals surface area contributed by atoms with Gasteiger partial charge in [-0.25, -0.2) is 9.97 Å². The van der Waals surface area contributed by atoms with E-state index in [2.05, 4.69) is 57.9 Å². The average molecular weight is 282 g/mol. The van der Waals surface area contributed by atoms with Gasteiger partial charge in [-0.05, 0) is 24.9 Å². The van der Waals surface area contributed by atoms with Crippen LogP contribution in [0.4, 0.5) is 5.82 Å². The number of benzene rings is 1. The predicted molar refractivity (Wildman–Crippen MR) is 85.2 cm³/mol. The molecule has 0 spiro atoms. The summed E-state index contributed by atoms with van der Waals surface area (Å²) in [5.74, 6) is 1.00. The Morgan fingerprint density at radius 2 is 2.10 bits per heavy atom. The van der Waals surface area contributed by atoms with Gasteiger partial charge in [0.1, 0.15) is 12.1 Å². The summed E-state index contributed by atoms with van der Waals surface area (Å²) in [6.45, 7) is 4.06. The second-order valence-electron chi connectivity index (χ2n) is 5.47. The molecule has 1 aromatic heterocycles. The smallest absolute Gasteiger partial charge is 0.133 e. The zero-order chi connectivity index (χ0) is 14.5. The van der Waals surface area contributed by atoms with E-state index in [1.807, 2.05) is 0 Å². The van der Waals surface area contributed by atoms with Crippen LogP contribution in [0.2, 0.25) is 0 Å². The normalized spacial score (nSPS) is 15.3. The van der Waals surface area contributed by atoms with Crippen molar-refractivity contribution in [3.8, 4) is 0 Å². The molecule has 1 atom stereocenters. The third-order valence-corrected chi connectivity index (χ3v) is 3.97. The largest absolute Gasteiger partial charge is 0.363 e. The fourth-order valence-electron chi connectivity index (χ4n) is 2.87. The Kier molecular flexibility index (Phi) is 4.46. The fraction of sp³-hybridized carbons (Fsp3) is 0.412. The molecule has 1 aromatic carbocycles. The van der Waals surface area contributed by atoms with Gasteiger partial charge >= 0.3 is 0 Å². The Morgan fingerprint density at radius 3 is 2.90 bits per heavy atom. The monoisotopic (exact) mass is 282 g/mol. The topological polar surface area (TPSA) is 49.8 Å². The van der Waals surface area contributed by atoms with Gasteiger partial charge in [-0.2, -0.15) is 0 Å². The lowest BCUT2D eigenvalue weighted by Crippen LogP contribution is -2.26. The summed E-state index contributed by atoms with van der Waals surface area (Å²) in [5, 5.41) is 7.01. The summed E-state index contributed by atoms with van der Waals surface area (Å²) in [4.78, 5) is 8.88. The highest BCUT2D eigenvalue weighted by Gasteiger charge is 2.18. The van der Waals surface area contributed by atoms with E-state index in [0.29, 0.717) is 6.04 Å². The summed E-state index contributed by atoms with van der Waals surface area (Å²) in [6, 6.07) is 10.9. The second kappa shape index (κ2) is 6.68. The van der Waals surface area contributed by atoms with E-state index in [4.69, 9.17) is 0 Å². The van der Waals surface area contributed by atoms with Crippen molar-refractivity contribution in [3.05, 3.63) is 53.5 Å². The number of fused-ring (bicyclic) bond motifs is 1. The van der Waals surface area contributed by atoms with Crippen LogP contribution in [0.25, 0.3) is 0 Å².